The fraction of sp³-hybridized carbons (Fsp3) is 0. The lowest BCUT2D eigenvalue weighted by molar-refractivity contribution is 0.0733. The van der Waals surface area contributed by atoms with Crippen LogP contribution in [0.15, 0.2) is 105 Å². The van der Waals surface area contributed by atoms with Crippen LogP contribution in [0.25, 0.3) is 32.8 Å². The summed E-state index contributed by atoms with van der Waals surface area (Å²) in [7, 11) is 0. The number of aromatic amines is 1. The summed E-state index contributed by atoms with van der Waals surface area (Å²) in [6.45, 7) is 0. The summed E-state index contributed by atoms with van der Waals surface area (Å²) in [5, 5.41) is 8.09. The van der Waals surface area contributed by atoms with Gasteiger partial charge in [-0.25, -0.2) is 10.2 Å². The highest BCUT2D eigenvalue weighted by atomic mass is 79.9. The van der Waals surface area contributed by atoms with Crippen molar-refractivity contribution in [1.29, 1.82) is 0 Å². The number of nitrogens with zero attached hydrogens (tertiary/aromatic N) is 1. The Hall–Kier alpha value is -3.66. The number of esters is 1. The van der Waals surface area contributed by atoms with E-state index in [-0.39, 0.29) is 16.3 Å². The monoisotopic (exact) mass is 767 g/mol. The smallest absolute Gasteiger partial charge is 0.345 e. The van der Waals surface area contributed by atoms with Crippen LogP contribution in [0.3, 0.4) is 0 Å². The Labute approximate surface area is 283 Å². The van der Waals surface area contributed by atoms with Crippen molar-refractivity contribution in [3.05, 3.63) is 132 Å². The van der Waals surface area contributed by atoms with E-state index in [2.05, 4.69) is 47.4 Å². The Morgan fingerprint density at radius 2 is 1.61 bits per heavy atom. The molecule has 1 amide bonds. The molecular weight excluding hydrogens is 753 g/mol. The quantitative estimate of drug-likeness (QED) is 0.0766. The molecule has 11 heteroatoms. The van der Waals surface area contributed by atoms with Crippen LogP contribution in [0, 0.1) is 0 Å². The SMILES string of the molecule is O=C(Oc1c(Br)cc(Br)cc1C=NNC(=O)c1[nH]c2c(ccc3ccccc32)c1-c1ccccc1Cl)c1ccc(Cl)cc1Cl. The first-order valence-corrected chi connectivity index (χ1v) is 15.7. The zero-order valence-electron chi connectivity index (χ0n) is 22.3. The van der Waals surface area contributed by atoms with Gasteiger partial charge in [-0.3, -0.25) is 4.79 Å². The van der Waals surface area contributed by atoms with E-state index < -0.39 is 11.9 Å². The first kappa shape index (κ1) is 30.4. The van der Waals surface area contributed by atoms with Gasteiger partial charge in [0.15, 0.2) is 5.75 Å². The van der Waals surface area contributed by atoms with E-state index in [0.29, 0.717) is 41.4 Å². The molecule has 5 aromatic carbocycles. The minimum atomic E-state index is -0.692. The minimum Gasteiger partial charge on any atom is -0.421 e. The molecule has 218 valence electrons. The van der Waals surface area contributed by atoms with Crippen LogP contribution in [0.1, 0.15) is 26.4 Å². The molecule has 6 rings (SSSR count). The van der Waals surface area contributed by atoms with Crippen molar-refractivity contribution in [3.8, 4) is 16.9 Å². The Balaban J connectivity index is 1.35. The van der Waals surface area contributed by atoms with Crippen LogP contribution in [0.2, 0.25) is 15.1 Å². The second-order valence-corrected chi connectivity index (χ2v) is 12.6. The number of benzene rings is 5. The summed E-state index contributed by atoms with van der Waals surface area (Å²) in [6, 6.07) is 27.1. The average Bonchev–Trinajstić information content (AvgIpc) is 3.39. The van der Waals surface area contributed by atoms with E-state index in [9.17, 15) is 9.59 Å². The number of rotatable bonds is 6. The molecule has 0 aliphatic rings. The van der Waals surface area contributed by atoms with Crippen molar-refractivity contribution < 1.29 is 14.3 Å². The van der Waals surface area contributed by atoms with Crippen LogP contribution >= 0.6 is 66.7 Å². The van der Waals surface area contributed by atoms with Crippen molar-refractivity contribution in [2.75, 3.05) is 0 Å². The Bertz CT molecular complexity index is 2150. The predicted octanol–water partition coefficient (Wildman–Crippen LogP) is 10.5. The second kappa shape index (κ2) is 12.8. The van der Waals surface area contributed by atoms with E-state index in [0.717, 1.165) is 21.7 Å². The Morgan fingerprint density at radius 3 is 2.41 bits per heavy atom. The van der Waals surface area contributed by atoms with Crippen LogP contribution in [-0.4, -0.2) is 23.1 Å². The van der Waals surface area contributed by atoms with Crippen LogP contribution in [0.4, 0.5) is 0 Å². The van der Waals surface area contributed by atoms with Gasteiger partial charge in [0.25, 0.3) is 5.91 Å². The number of hydrogen-bond acceptors (Lipinski definition) is 4. The van der Waals surface area contributed by atoms with Gasteiger partial charge in [0, 0.05) is 42.0 Å². The molecule has 0 aliphatic heterocycles. The van der Waals surface area contributed by atoms with E-state index in [4.69, 9.17) is 39.5 Å². The first-order valence-electron chi connectivity index (χ1n) is 13.0. The number of fused-ring (bicyclic) bond motifs is 3. The summed E-state index contributed by atoms with van der Waals surface area (Å²) in [4.78, 5) is 29.9. The van der Waals surface area contributed by atoms with Gasteiger partial charge in [-0.1, -0.05) is 105 Å². The minimum absolute atomic E-state index is 0.139. The number of hydrazone groups is 1. The molecule has 0 bridgehead atoms. The summed E-state index contributed by atoms with van der Waals surface area (Å²) >= 11 is 25.7. The molecule has 1 aromatic heterocycles. The van der Waals surface area contributed by atoms with Gasteiger partial charge in [0.05, 0.1) is 26.8 Å². The molecule has 0 unspecified atom stereocenters. The zero-order chi connectivity index (χ0) is 31.0. The standard InChI is InChI=1S/C33H18Br2Cl3N3O3/c34-19-13-18(31(25(35)14-19)44-33(43)23-12-10-20(36)15-27(23)38)16-39-41-32(42)30-28(22-7-3-4-8-26(22)37)24-11-9-17-5-1-2-6-21(17)29(24)40-30/h1-16,40H,(H,41,42). The number of aromatic nitrogens is 1. The van der Waals surface area contributed by atoms with E-state index in [1.807, 2.05) is 54.6 Å². The summed E-state index contributed by atoms with van der Waals surface area (Å²) in [5.74, 6) is -1.00. The number of ether oxygens (including phenoxy) is 1. The van der Waals surface area contributed by atoms with Crippen molar-refractivity contribution in [3.63, 3.8) is 0 Å². The van der Waals surface area contributed by atoms with E-state index in [1.54, 1.807) is 24.3 Å². The van der Waals surface area contributed by atoms with Crippen LogP contribution < -0.4 is 10.2 Å². The lowest BCUT2D eigenvalue weighted by atomic mass is 9.99. The van der Waals surface area contributed by atoms with Crippen molar-refractivity contribution in [1.82, 2.24) is 10.4 Å². The largest absolute Gasteiger partial charge is 0.421 e. The molecule has 0 radical (unpaired) electrons. The Morgan fingerprint density at radius 1 is 0.841 bits per heavy atom. The van der Waals surface area contributed by atoms with Gasteiger partial charge >= 0.3 is 5.97 Å². The van der Waals surface area contributed by atoms with Gasteiger partial charge in [0.1, 0.15) is 5.69 Å². The molecule has 0 saturated carbocycles. The third-order valence-electron chi connectivity index (χ3n) is 6.82. The van der Waals surface area contributed by atoms with E-state index >= 15 is 0 Å². The third kappa shape index (κ3) is 6.01. The second-order valence-electron chi connectivity index (χ2n) is 9.58. The number of carbonyl (C=O) groups is 2. The van der Waals surface area contributed by atoms with E-state index in [1.165, 1.54) is 18.3 Å². The number of hydrogen-bond donors (Lipinski definition) is 2. The van der Waals surface area contributed by atoms with Gasteiger partial charge in [-0.05, 0) is 57.7 Å². The zero-order valence-corrected chi connectivity index (χ0v) is 27.7. The van der Waals surface area contributed by atoms with Gasteiger partial charge in [-0.15, -0.1) is 0 Å². The van der Waals surface area contributed by atoms with Crippen LogP contribution in [0.5, 0.6) is 5.75 Å². The Kier molecular flexibility index (Phi) is 8.80. The summed E-state index contributed by atoms with van der Waals surface area (Å²) < 4.78 is 6.85. The molecule has 0 spiro atoms. The molecule has 44 heavy (non-hydrogen) atoms. The molecule has 2 N–H and O–H groups in total. The molecule has 0 fully saturated rings. The number of amides is 1. The van der Waals surface area contributed by atoms with Crippen molar-refractivity contribution in [2.45, 2.75) is 0 Å². The number of carbonyl (C=O) groups excluding carboxylic acids is 2. The fourth-order valence-corrected chi connectivity index (χ4v) is 6.91. The highest BCUT2D eigenvalue weighted by Gasteiger charge is 2.22. The van der Waals surface area contributed by atoms with Gasteiger partial charge in [-0.2, -0.15) is 5.10 Å². The molecule has 0 saturated heterocycles. The first-order chi connectivity index (χ1) is 21.2. The lowest BCUT2D eigenvalue weighted by Crippen LogP contribution is -2.19. The van der Waals surface area contributed by atoms with Gasteiger partial charge in [0.2, 0.25) is 0 Å². The fourth-order valence-electron chi connectivity index (χ4n) is 4.85. The van der Waals surface area contributed by atoms with Crippen LogP contribution in [-0.2, 0) is 0 Å². The van der Waals surface area contributed by atoms with Gasteiger partial charge < -0.3 is 9.72 Å². The van der Waals surface area contributed by atoms with Crippen molar-refractivity contribution >= 4 is 106 Å². The number of H-pyrrole nitrogens is 1. The summed E-state index contributed by atoms with van der Waals surface area (Å²) in [6.07, 6.45) is 1.38. The predicted molar refractivity (Wildman–Crippen MR) is 185 cm³/mol. The van der Waals surface area contributed by atoms with Crippen molar-refractivity contribution in [2.24, 2.45) is 5.10 Å². The molecule has 1 heterocycles. The number of nitrogens with one attached hydrogen (secondary N) is 2. The molecule has 0 atom stereocenters. The normalized spacial score (nSPS) is 11.4. The maximum Gasteiger partial charge on any atom is 0.345 e. The number of halogens is 5. The highest BCUT2D eigenvalue weighted by Crippen LogP contribution is 2.39. The summed E-state index contributed by atoms with van der Waals surface area (Å²) in [5.41, 5.74) is 5.60. The highest BCUT2D eigenvalue weighted by molar-refractivity contribution is 9.11. The molecular formula is C33H18Br2Cl3N3O3. The average molecular weight is 771 g/mol. The maximum atomic E-state index is 13.7. The lowest BCUT2D eigenvalue weighted by Gasteiger charge is -2.11. The third-order valence-corrected chi connectivity index (χ3v) is 8.75. The molecule has 6 aromatic rings. The maximum absolute atomic E-state index is 13.7. The molecule has 6 nitrogen and oxygen atoms in total. The topological polar surface area (TPSA) is 83.5 Å². The molecule has 0 aliphatic carbocycles.